The van der Waals surface area contributed by atoms with Crippen molar-refractivity contribution in [2.45, 2.75) is 297 Å². The Balaban J connectivity index is 4.37. The molecule has 0 aliphatic heterocycles. The third-order valence-corrected chi connectivity index (χ3v) is 12.1. The van der Waals surface area contributed by atoms with Gasteiger partial charge in [-0.25, -0.2) is 0 Å². The Hall–Kier alpha value is -2.37. The summed E-state index contributed by atoms with van der Waals surface area (Å²) in [5.41, 5.74) is 0. The summed E-state index contributed by atoms with van der Waals surface area (Å²) in [4.78, 5) is 38.1. The van der Waals surface area contributed by atoms with Gasteiger partial charge in [0.25, 0.3) is 0 Å². The normalized spacial score (nSPS) is 11.8. The zero-order valence-corrected chi connectivity index (χ0v) is 42.1. The molecule has 0 aromatic rings. The second-order valence-electron chi connectivity index (χ2n) is 18.5. The fourth-order valence-corrected chi connectivity index (χ4v) is 7.90. The van der Waals surface area contributed by atoms with E-state index in [1.807, 2.05) is 0 Å². The van der Waals surface area contributed by atoms with Gasteiger partial charge in [0, 0.05) is 19.3 Å². The van der Waals surface area contributed by atoms with Gasteiger partial charge in [0.2, 0.25) is 0 Å². The largest absolute Gasteiger partial charge is 0.462 e. The molecule has 0 saturated heterocycles. The van der Waals surface area contributed by atoms with Crippen molar-refractivity contribution in [2.24, 2.45) is 0 Å². The molecular weight excluding hydrogens is 781 g/mol. The standard InChI is InChI=1S/C57H104O6/c1-4-7-10-13-16-19-22-25-28-31-34-37-40-43-46-49-55(58)61-52-54(63-57(60)51-48-45-42-39-36-33-30-27-24-21-18-15-12-9-6-3)53-62-56(59)50-47-44-41-38-35-32-29-26-23-20-17-14-11-8-5-2/h19-24,54H,4-18,25-53H2,1-3H3/b22-19+,23-20+,24-21+. The van der Waals surface area contributed by atoms with Crippen LogP contribution in [0.1, 0.15) is 290 Å². The SMILES string of the molecule is CCCCCC/C=C/CCCCCCCCCC(=O)OCC(COC(=O)CCCCCCCCC/C=C/CCCCCC)OC(=O)CCCCCCCCC/C=C/CCCCCC. The van der Waals surface area contributed by atoms with Crippen LogP contribution in [-0.2, 0) is 28.6 Å². The highest BCUT2D eigenvalue weighted by Crippen LogP contribution is 2.15. The molecule has 368 valence electrons. The average Bonchev–Trinajstić information content (AvgIpc) is 3.28. The highest BCUT2D eigenvalue weighted by molar-refractivity contribution is 5.71. The molecule has 0 amide bonds. The van der Waals surface area contributed by atoms with Crippen molar-refractivity contribution in [1.82, 2.24) is 0 Å². The lowest BCUT2D eigenvalue weighted by molar-refractivity contribution is -0.167. The first-order chi connectivity index (χ1) is 31.0. The number of allylic oxidation sites excluding steroid dienone is 6. The second-order valence-corrected chi connectivity index (χ2v) is 18.5. The van der Waals surface area contributed by atoms with Crippen LogP contribution in [0.25, 0.3) is 0 Å². The summed E-state index contributed by atoms with van der Waals surface area (Å²) in [6.07, 6.45) is 61.2. The minimum atomic E-state index is -0.775. The zero-order chi connectivity index (χ0) is 45.8. The van der Waals surface area contributed by atoms with Crippen molar-refractivity contribution >= 4 is 17.9 Å². The summed E-state index contributed by atoms with van der Waals surface area (Å²) in [6, 6.07) is 0. The Morgan fingerprint density at radius 1 is 0.302 bits per heavy atom. The van der Waals surface area contributed by atoms with Crippen molar-refractivity contribution in [3.63, 3.8) is 0 Å². The van der Waals surface area contributed by atoms with Crippen molar-refractivity contribution in [2.75, 3.05) is 13.2 Å². The van der Waals surface area contributed by atoms with E-state index in [1.165, 1.54) is 193 Å². The molecule has 6 nitrogen and oxygen atoms in total. The van der Waals surface area contributed by atoms with Crippen molar-refractivity contribution < 1.29 is 28.6 Å². The molecule has 0 unspecified atom stereocenters. The van der Waals surface area contributed by atoms with Crippen molar-refractivity contribution in [3.05, 3.63) is 36.5 Å². The van der Waals surface area contributed by atoms with Gasteiger partial charge < -0.3 is 14.2 Å². The maximum Gasteiger partial charge on any atom is 0.306 e. The molecule has 0 spiro atoms. The fraction of sp³-hybridized carbons (Fsp3) is 0.842. The Morgan fingerprint density at radius 2 is 0.524 bits per heavy atom. The summed E-state index contributed by atoms with van der Waals surface area (Å²) in [6.45, 7) is 6.62. The monoisotopic (exact) mass is 885 g/mol. The van der Waals surface area contributed by atoms with E-state index in [0.717, 1.165) is 57.8 Å². The Labute approximate surface area is 391 Å². The lowest BCUT2D eigenvalue weighted by Crippen LogP contribution is -2.30. The number of unbranched alkanes of at least 4 members (excludes halogenated alkanes) is 33. The lowest BCUT2D eigenvalue weighted by atomic mass is 10.1. The van der Waals surface area contributed by atoms with Crippen LogP contribution in [0, 0.1) is 0 Å². The third kappa shape index (κ3) is 50.5. The molecule has 0 heterocycles. The molecule has 0 N–H and O–H groups in total. The number of hydrogen-bond donors (Lipinski definition) is 0. The molecular formula is C57H104O6. The Kier molecular flexibility index (Phi) is 50.3. The Bertz CT molecular complexity index is 1010. The quantitative estimate of drug-likeness (QED) is 0.0262. The molecule has 0 aromatic carbocycles. The van der Waals surface area contributed by atoms with Gasteiger partial charge in [-0.15, -0.1) is 0 Å². The van der Waals surface area contributed by atoms with Gasteiger partial charge in [-0.2, -0.15) is 0 Å². The molecule has 6 heteroatoms. The smallest absolute Gasteiger partial charge is 0.306 e. The van der Waals surface area contributed by atoms with Gasteiger partial charge >= 0.3 is 17.9 Å². The summed E-state index contributed by atoms with van der Waals surface area (Å²) in [5, 5.41) is 0. The molecule has 0 atom stereocenters. The molecule has 0 radical (unpaired) electrons. The molecule has 0 fully saturated rings. The predicted molar refractivity (Wildman–Crippen MR) is 270 cm³/mol. The van der Waals surface area contributed by atoms with E-state index in [-0.39, 0.29) is 31.1 Å². The molecule has 0 bridgehead atoms. The molecule has 0 saturated carbocycles. The van der Waals surface area contributed by atoms with E-state index in [4.69, 9.17) is 14.2 Å². The summed E-state index contributed by atoms with van der Waals surface area (Å²) >= 11 is 0. The van der Waals surface area contributed by atoms with Gasteiger partial charge in [0.05, 0.1) is 0 Å². The zero-order valence-electron chi connectivity index (χ0n) is 42.1. The molecule has 0 aliphatic carbocycles. The topological polar surface area (TPSA) is 78.9 Å². The third-order valence-electron chi connectivity index (χ3n) is 12.1. The van der Waals surface area contributed by atoms with Gasteiger partial charge in [-0.05, 0) is 96.3 Å². The molecule has 0 aliphatic rings. The second kappa shape index (κ2) is 52.3. The first kappa shape index (κ1) is 60.6. The first-order valence-corrected chi connectivity index (χ1v) is 27.5. The number of hydrogen-bond acceptors (Lipinski definition) is 6. The number of carbonyl (C=O) groups is 3. The van der Waals surface area contributed by atoms with E-state index in [2.05, 4.69) is 57.2 Å². The Morgan fingerprint density at radius 3 is 0.794 bits per heavy atom. The van der Waals surface area contributed by atoms with Crippen LogP contribution in [0.3, 0.4) is 0 Å². The van der Waals surface area contributed by atoms with E-state index in [0.29, 0.717) is 19.3 Å². The van der Waals surface area contributed by atoms with Gasteiger partial charge in [0.1, 0.15) is 13.2 Å². The summed E-state index contributed by atoms with van der Waals surface area (Å²) in [7, 11) is 0. The van der Waals surface area contributed by atoms with Crippen LogP contribution in [0.5, 0.6) is 0 Å². The maximum absolute atomic E-state index is 12.8. The van der Waals surface area contributed by atoms with Crippen LogP contribution in [0.4, 0.5) is 0 Å². The van der Waals surface area contributed by atoms with E-state index >= 15 is 0 Å². The summed E-state index contributed by atoms with van der Waals surface area (Å²) < 4.78 is 16.8. The highest BCUT2D eigenvalue weighted by Gasteiger charge is 2.19. The minimum absolute atomic E-state index is 0.0756. The maximum atomic E-state index is 12.8. The van der Waals surface area contributed by atoms with E-state index < -0.39 is 6.10 Å². The van der Waals surface area contributed by atoms with E-state index in [1.54, 1.807) is 0 Å². The van der Waals surface area contributed by atoms with Crippen LogP contribution in [-0.4, -0.2) is 37.2 Å². The van der Waals surface area contributed by atoms with Crippen molar-refractivity contribution in [3.8, 4) is 0 Å². The van der Waals surface area contributed by atoms with Gasteiger partial charge in [-0.3, -0.25) is 14.4 Å². The van der Waals surface area contributed by atoms with Crippen LogP contribution >= 0.6 is 0 Å². The number of esters is 3. The fourth-order valence-electron chi connectivity index (χ4n) is 7.90. The predicted octanol–water partition coefficient (Wildman–Crippen LogP) is 18.1. The van der Waals surface area contributed by atoms with Gasteiger partial charge in [-0.1, -0.05) is 211 Å². The number of rotatable bonds is 50. The molecule has 0 aromatic heterocycles. The molecule has 63 heavy (non-hydrogen) atoms. The van der Waals surface area contributed by atoms with Gasteiger partial charge in [0.15, 0.2) is 6.10 Å². The highest BCUT2D eigenvalue weighted by atomic mass is 16.6. The summed E-state index contributed by atoms with van der Waals surface area (Å²) in [5.74, 6) is -0.876. The van der Waals surface area contributed by atoms with Crippen LogP contribution in [0.2, 0.25) is 0 Å². The number of carbonyl (C=O) groups excluding carboxylic acids is 3. The first-order valence-electron chi connectivity index (χ1n) is 27.5. The van der Waals surface area contributed by atoms with Crippen molar-refractivity contribution in [1.29, 1.82) is 0 Å². The molecule has 0 rings (SSSR count). The lowest BCUT2D eigenvalue weighted by Gasteiger charge is -2.18. The van der Waals surface area contributed by atoms with Crippen LogP contribution < -0.4 is 0 Å². The van der Waals surface area contributed by atoms with E-state index in [9.17, 15) is 14.4 Å². The minimum Gasteiger partial charge on any atom is -0.462 e. The van der Waals surface area contributed by atoms with Crippen LogP contribution in [0.15, 0.2) is 36.5 Å². The average molecular weight is 885 g/mol. The number of ether oxygens (including phenoxy) is 3.